The Morgan fingerprint density at radius 1 is 1.11 bits per heavy atom. The molecule has 6 nitrogen and oxygen atoms in total. The summed E-state index contributed by atoms with van der Waals surface area (Å²) < 4.78 is 21.8. The van der Waals surface area contributed by atoms with Crippen LogP contribution in [-0.2, 0) is 13.0 Å². The number of nitrogens with zero attached hydrogens (tertiary/aromatic N) is 4. The number of hydrogen-bond donors (Lipinski definition) is 1. The zero-order valence-electron chi connectivity index (χ0n) is 16.7. The van der Waals surface area contributed by atoms with Crippen molar-refractivity contribution >= 4 is 0 Å². The van der Waals surface area contributed by atoms with Crippen molar-refractivity contribution in [3.63, 3.8) is 0 Å². The number of rotatable bonds is 6. The van der Waals surface area contributed by atoms with Gasteiger partial charge in [0.25, 0.3) is 0 Å². The topological polar surface area (TPSA) is 78.8 Å². The van der Waals surface area contributed by atoms with E-state index in [1.165, 1.54) is 12.1 Å². The second-order valence-corrected chi connectivity index (χ2v) is 8.01. The first-order chi connectivity index (χ1) is 13.3. The fourth-order valence-corrected chi connectivity index (χ4v) is 2.81. The monoisotopic (exact) mass is 383 g/mol. The highest BCUT2D eigenvalue weighted by Gasteiger charge is 2.18. The molecule has 0 radical (unpaired) electrons. The predicted octanol–water partition coefficient (Wildman–Crippen LogP) is 4.13. The van der Waals surface area contributed by atoms with E-state index in [4.69, 9.17) is 10.5 Å². The van der Waals surface area contributed by atoms with Gasteiger partial charge in [-0.15, -0.1) is 0 Å². The van der Waals surface area contributed by atoms with Gasteiger partial charge in [0.2, 0.25) is 0 Å². The molecular formula is C21H26FN5O. The van der Waals surface area contributed by atoms with Gasteiger partial charge in [0.15, 0.2) is 11.6 Å². The molecule has 3 aromatic rings. The van der Waals surface area contributed by atoms with Gasteiger partial charge in [0.05, 0.1) is 17.5 Å². The Bertz CT molecular complexity index is 944. The molecule has 148 valence electrons. The Labute approximate surface area is 164 Å². The Morgan fingerprint density at radius 2 is 1.82 bits per heavy atom. The summed E-state index contributed by atoms with van der Waals surface area (Å²) >= 11 is 0. The number of ether oxygens (including phenoxy) is 1. The molecule has 0 bridgehead atoms. The molecule has 0 aliphatic carbocycles. The standard InChI is InChI=1S/C21H26FN5O/c1-14-19(12-26-27(14)13-21(2,3)4)28-18-9-16(22)5-6-17(18)20-24-10-15(7-8-23)11-25-20/h5-6,9-12H,7-8,13,23H2,1-4H3. The van der Waals surface area contributed by atoms with Crippen LogP contribution in [0, 0.1) is 18.2 Å². The molecule has 2 aromatic heterocycles. The molecule has 0 atom stereocenters. The SMILES string of the molecule is Cc1c(Oc2cc(F)ccc2-c2ncc(CCN)cn2)cnn1CC(C)(C)C. The molecule has 0 unspecified atom stereocenters. The van der Waals surface area contributed by atoms with E-state index in [0.29, 0.717) is 35.9 Å². The van der Waals surface area contributed by atoms with Gasteiger partial charge in [-0.05, 0) is 43.0 Å². The van der Waals surface area contributed by atoms with Crippen LogP contribution in [0.5, 0.6) is 11.5 Å². The number of nitrogens with two attached hydrogens (primary N) is 1. The zero-order chi connectivity index (χ0) is 20.3. The molecule has 7 heteroatoms. The highest BCUT2D eigenvalue weighted by Crippen LogP contribution is 2.34. The Morgan fingerprint density at radius 3 is 2.46 bits per heavy atom. The number of aromatic nitrogens is 4. The van der Waals surface area contributed by atoms with Crippen molar-refractivity contribution in [1.29, 1.82) is 0 Å². The average molecular weight is 383 g/mol. The Balaban J connectivity index is 1.92. The number of benzene rings is 1. The van der Waals surface area contributed by atoms with E-state index in [9.17, 15) is 4.39 Å². The van der Waals surface area contributed by atoms with E-state index < -0.39 is 5.82 Å². The lowest BCUT2D eigenvalue weighted by molar-refractivity contribution is 0.320. The second kappa shape index (κ2) is 8.06. The Kier molecular flexibility index (Phi) is 5.74. The van der Waals surface area contributed by atoms with E-state index >= 15 is 0 Å². The normalized spacial score (nSPS) is 11.6. The summed E-state index contributed by atoms with van der Waals surface area (Å²) in [5.41, 5.74) is 8.09. The first-order valence-corrected chi connectivity index (χ1v) is 9.28. The minimum atomic E-state index is -0.391. The zero-order valence-corrected chi connectivity index (χ0v) is 16.7. The summed E-state index contributed by atoms with van der Waals surface area (Å²) in [6.45, 7) is 9.65. The lowest BCUT2D eigenvalue weighted by Crippen LogP contribution is -2.17. The summed E-state index contributed by atoms with van der Waals surface area (Å²) in [6, 6.07) is 4.33. The molecule has 0 fully saturated rings. The lowest BCUT2D eigenvalue weighted by Gasteiger charge is -2.19. The van der Waals surface area contributed by atoms with E-state index in [-0.39, 0.29) is 5.41 Å². The second-order valence-electron chi connectivity index (χ2n) is 8.01. The van der Waals surface area contributed by atoms with Crippen LogP contribution in [0.2, 0.25) is 0 Å². The maximum absolute atomic E-state index is 13.9. The van der Waals surface area contributed by atoms with Crippen LogP contribution in [0.25, 0.3) is 11.4 Å². The fourth-order valence-electron chi connectivity index (χ4n) is 2.81. The van der Waals surface area contributed by atoms with Crippen molar-refractivity contribution in [2.75, 3.05) is 6.54 Å². The highest BCUT2D eigenvalue weighted by atomic mass is 19.1. The van der Waals surface area contributed by atoms with Crippen LogP contribution in [0.15, 0.2) is 36.8 Å². The van der Waals surface area contributed by atoms with Crippen molar-refractivity contribution in [1.82, 2.24) is 19.7 Å². The van der Waals surface area contributed by atoms with Crippen LogP contribution >= 0.6 is 0 Å². The molecular weight excluding hydrogens is 357 g/mol. The first-order valence-electron chi connectivity index (χ1n) is 9.28. The van der Waals surface area contributed by atoms with Gasteiger partial charge in [-0.2, -0.15) is 5.10 Å². The van der Waals surface area contributed by atoms with Gasteiger partial charge < -0.3 is 10.5 Å². The smallest absolute Gasteiger partial charge is 0.168 e. The molecule has 2 N–H and O–H groups in total. The van der Waals surface area contributed by atoms with Gasteiger partial charge in [-0.1, -0.05) is 20.8 Å². The van der Waals surface area contributed by atoms with Crippen LogP contribution in [0.1, 0.15) is 32.0 Å². The average Bonchev–Trinajstić information content (AvgIpc) is 2.95. The molecule has 0 saturated carbocycles. The largest absolute Gasteiger partial charge is 0.453 e. The van der Waals surface area contributed by atoms with Crippen LogP contribution in [0.4, 0.5) is 4.39 Å². The van der Waals surface area contributed by atoms with Crippen molar-refractivity contribution in [3.8, 4) is 22.9 Å². The third kappa shape index (κ3) is 4.72. The van der Waals surface area contributed by atoms with E-state index in [2.05, 4.69) is 35.8 Å². The van der Waals surface area contributed by atoms with Crippen LogP contribution in [-0.4, -0.2) is 26.3 Å². The highest BCUT2D eigenvalue weighted by molar-refractivity contribution is 5.64. The minimum Gasteiger partial charge on any atom is -0.453 e. The molecule has 0 saturated heterocycles. The maximum atomic E-state index is 13.9. The predicted molar refractivity (Wildman–Crippen MR) is 107 cm³/mol. The van der Waals surface area contributed by atoms with Crippen LogP contribution in [0.3, 0.4) is 0 Å². The Hall–Kier alpha value is -2.80. The summed E-state index contributed by atoms with van der Waals surface area (Å²) in [7, 11) is 0. The number of hydrogen-bond acceptors (Lipinski definition) is 5. The molecule has 2 heterocycles. The lowest BCUT2D eigenvalue weighted by atomic mass is 9.97. The minimum absolute atomic E-state index is 0.0805. The first kappa shape index (κ1) is 19.9. The van der Waals surface area contributed by atoms with E-state index in [1.807, 2.05) is 11.6 Å². The summed E-state index contributed by atoms with van der Waals surface area (Å²) in [4.78, 5) is 8.77. The van der Waals surface area contributed by atoms with Crippen molar-refractivity contribution in [2.45, 2.75) is 40.7 Å². The maximum Gasteiger partial charge on any atom is 0.168 e. The van der Waals surface area contributed by atoms with Crippen molar-refractivity contribution in [2.24, 2.45) is 11.1 Å². The van der Waals surface area contributed by atoms with Gasteiger partial charge in [0, 0.05) is 25.0 Å². The van der Waals surface area contributed by atoms with Gasteiger partial charge >= 0.3 is 0 Å². The molecule has 1 aromatic carbocycles. The third-order valence-electron chi connectivity index (χ3n) is 4.23. The van der Waals surface area contributed by atoms with E-state index in [1.54, 1.807) is 24.7 Å². The van der Waals surface area contributed by atoms with Crippen molar-refractivity contribution < 1.29 is 9.13 Å². The number of halogens is 1. The summed E-state index contributed by atoms with van der Waals surface area (Å²) in [6.07, 6.45) is 5.82. The third-order valence-corrected chi connectivity index (χ3v) is 4.23. The molecule has 3 rings (SSSR count). The quantitative estimate of drug-likeness (QED) is 0.692. The molecule has 0 aliphatic rings. The molecule has 0 amide bonds. The summed E-state index contributed by atoms with van der Waals surface area (Å²) in [5, 5.41) is 4.41. The summed E-state index contributed by atoms with van der Waals surface area (Å²) in [5.74, 6) is 1.01. The van der Waals surface area contributed by atoms with Crippen molar-refractivity contribution in [3.05, 3.63) is 53.9 Å². The van der Waals surface area contributed by atoms with E-state index in [0.717, 1.165) is 17.8 Å². The molecule has 28 heavy (non-hydrogen) atoms. The fraction of sp³-hybridized carbons (Fsp3) is 0.381. The van der Waals surface area contributed by atoms with Gasteiger partial charge in [-0.3, -0.25) is 4.68 Å². The molecule has 0 spiro atoms. The van der Waals surface area contributed by atoms with Crippen LogP contribution < -0.4 is 10.5 Å². The molecule has 0 aliphatic heterocycles. The van der Waals surface area contributed by atoms with Gasteiger partial charge in [-0.25, -0.2) is 14.4 Å². The van der Waals surface area contributed by atoms with Gasteiger partial charge in [0.1, 0.15) is 11.6 Å².